The van der Waals surface area contributed by atoms with Gasteiger partial charge in [-0.1, -0.05) is 33.8 Å². The monoisotopic (exact) mass is 794 g/mol. The average molecular weight is 795 g/mol. The summed E-state index contributed by atoms with van der Waals surface area (Å²) in [5, 5.41) is 6.19. The zero-order valence-electron chi connectivity index (χ0n) is 33.6. The number of imidazole rings is 2. The van der Waals surface area contributed by atoms with Crippen molar-refractivity contribution < 1.29 is 33.1 Å². The molecule has 5 heterocycles. The summed E-state index contributed by atoms with van der Waals surface area (Å²) in [5.41, 5.74) is 3.54. The number of aromatic nitrogens is 4. The summed E-state index contributed by atoms with van der Waals surface area (Å²) in [6, 6.07) is 8.70. The SMILES string of the molecule is COC(=O)N[C@H](C(=O)N1CCCC[C@H]1c1ncc(-c2ccc3oc4cc(-c5cnc([C@@H]6CCCN6C(=O)[C@@H](NC(=O)OC)C(C)C)[nH]5)ccc4c(=O)c3c2)[nH]1)C(C)C. The molecule has 0 unspecified atom stereocenters. The van der Waals surface area contributed by atoms with Crippen molar-refractivity contribution in [2.24, 2.45) is 11.8 Å². The third kappa shape index (κ3) is 7.87. The number of carbonyl (C=O) groups is 4. The third-order valence-electron chi connectivity index (χ3n) is 11.2. The van der Waals surface area contributed by atoms with E-state index < -0.39 is 24.3 Å². The van der Waals surface area contributed by atoms with Gasteiger partial charge in [0.2, 0.25) is 17.2 Å². The number of alkyl carbamates (subject to hydrolysis) is 2. The molecule has 2 aliphatic heterocycles. The van der Waals surface area contributed by atoms with Gasteiger partial charge in [0.15, 0.2) is 0 Å². The Morgan fingerprint density at radius 2 is 1.22 bits per heavy atom. The number of hydrogen-bond donors (Lipinski definition) is 4. The lowest BCUT2D eigenvalue weighted by Gasteiger charge is -2.37. The van der Waals surface area contributed by atoms with Crippen LogP contribution in [0.2, 0.25) is 0 Å². The third-order valence-corrected chi connectivity index (χ3v) is 11.2. The van der Waals surface area contributed by atoms with Crippen LogP contribution in [0.1, 0.15) is 83.5 Å². The van der Waals surface area contributed by atoms with Crippen LogP contribution < -0.4 is 16.1 Å². The number of fused-ring (bicyclic) bond motifs is 2. The predicted molar refractivity (Wildman–Crippen MR) is 215 cm³/mol. The summed E-state index contributed by atoms with van der Waals surface area (Å²) in [4.78, 5) is 84.9. The average Bonchev–Trinajstić information content (AvgIpc) is 4.03. The van der Waals surface area contributed by atoms with Crippen LogP contribution in [0.3, 0.4) is 0 Å². The summed E-state index contributed by atoms with van der Waals surface area (Å²) in [6.07, 6.45) is 6.09. The maximum absolute atomic E-state index is 13.9. The van der Waals surface area contributed by atoms with Crippen LogP contribution in [0, 0.1) is 11.8 Å². The number of benzene rings is 2. The van der Waals surface area contributed by atoms with Crippen LogP contribution in [-0.4, -0.2) is 93.1 Å². The molecule has 4 N–H and O–H groups in total. The van der Waals surface area contributed by atoms with Crippen LogP contribution in [0.25, 0.3) is 44.5 Å². The summed E-state index contributed by atoms with van der Waals surface area (Å²) in [7, 11) is 2.54. The van der Waals surface area contributed by atoms with Gasteiger partial charge in [-0.05, 0) is 74.3 Å². The Morgan fingerprint density at radius 3 is 1.78 bits per heavy atom. The zero-order valence-corrected chi connectivity index (χ0v) is 33.6. The van der Waals surface area contributed by atoms with Crippen molar-refractivity contribution in [2.45, 2.75) is 84.0 Å². The molecule has 306 valence electrons. The van der Waals surface area contributed by atoms with Crippen LogP contribution in [0.4, 0.5) is 9.59 Å². The molecule has 2 aliphatic rings. The highest BCUT2D eigenvalue weighted by Gasteiger charge is 2.38. The molecular formula is C42H50N8O8. The molecule has 16 nitrogen and oxygen atoms in total. The molecule has 7 rings (SSSR count). The van der Waals surface area contributed by atoms with Gasteiger partial charge in [-0.3, -0.25) is 14.4 Å². The highest BCUT2D eigenvalue weighted by molar-refractivity contribution is 5.93. The number of carbonyl (C=O) groups excluding carboxylic acids is 4. The van der Waals surface area contributed by atoms with E-state index in [0.717, 1.165) is 36.8 Å². The first-order valence-corrected chi connectivity index (χ1v) is 19.8. The molecule has 5 aromatic rings. The maximum Gasteiger partial charge on any atom is 0.407 e. The largest absolute Gasteiger partial charge is 0.456 e. The van der Waals surface area contributed by atoms with Gasteiger partial charge in [-0.15, -0.1) is 0 Å². The standard InChI is InChI=1S/C42H50N8O8/c1-22(2)34(47-41(54)56-5)39(52)49-16-8-7-10-30(49)37-43-20-28(45-37)24-13-15-32-27(18-24)36(51)26-14-12-25(19-33(26)58-32)29-21-44-38(46-29)31-11-9-17-50(31)40(53)35(23(3)4)48-42(55)57-6/h12-15,18-23,30-31,34-35H,7-11,16-17H2,1-6H3,(H,43,45)(H,44,46)(H,47,54)(H,48,55)/t30-,31-,34-,35-/m0/s1. The Labute approximate surface area is 335 Å². The fraction of sp³-hybridized carbons (Fsp3) is 0.452. The summed E-state index contributed by atoms with van der Waals surface area (Å²) in [6.45, 7) is 8.59. The van der Waals surface area contributed by atoms with Gasteiger partial charge in [-0.2, -0.15) is 0 Å². The second-order valence-electron chi connectivity index (χ2n) is 15.7. The number of H-pyrrole nitrogens is 2. The van der Waals surface area contributed by atoms with E-state index in [-0.39, 0.29) is 41.2 Å². The number of hydrogen-bond acceptors (Lipinski definition) is 10. The van der Waals surface area contributed by atoms with Gasteiger partial charge in [0.1, 0.15) is 34.9 Å². The number of ether oxygens (including phenoxy) is 2. The predicted octanol–water partition coefficient (Wildman–Crippen LogP) is 6.20. The van der Waals surface area contributed by atoms with Gasteiger partial charge in [0, 0.05) is 24.2 Å². The maximum atomic E-state index is 13.9. The van der Waals surface area contributed by atoms with Crippen molar-refractivity contribution in [1.29, 1.82) is 0 Å². The van der Waals surface area contributed by atoms with E-state index in [1.165, 1.54) is 14.2 Å². The minimum Gasteiger partial charge on any atom is -0.456 e. The van der Waals surface area contributed by atoms with E-state index in [4.69, 9.17) is 13.9 Å². The van der Waals surface area contributed by atoms with Crippen molar-refractivity contribution in [3.05, 3.63) is 70.7 Å². The minimum atomic E-state index is -0.743. The van der Waals surface area contributed by atoms with Crippen molar-refractivity contribution in [3.8, 4) is 22.5 Å². The highest BCUT2D eigenvalue weighted by Crippen LogP contribution is 2.35. The number of aromatic amines is 2. The Hall–Kier alpha value is -6.19. The molecule has 0 saturated carbocycles. The molecule has 4 amide bonds. The quantitative estimate of drug-likeness (QED) is 0.118. The lowest BCUT2D eigenvalue weighted by molar-refractivity contribution is -0.138. The van der Waals surface area contributed by atoms with E-state index in [2.05, 4.69) is 30.6 Å². The first kappa shape index (κ1) is 40.0. The Bertz CT molecular complexity index is 2400. The smallest absolute Gasteiger partial charge is 0.407 e. The fourth-order valence-corrected chi connectivity index (χ4v) is 8.05. The Balaban J connectivity index is 1.11. The molecule has 3 aromatic heterocycles. The van der Waals surface area contributed by atoms with E-state index in [1.54, 1.807) is 46.5 Å². The number of likely N-dealkylation sites (tertiary alicyclic amines) is 2. The minimum absolute atomic E-state index is 0.146. The Morgan fingerprint density at radius 1 is 0.707 bits per heavy atom. The topological polar surface area (TPSA) is 205 Å². The number of methoxy groups -OCH3 is 2. The summed E-state index contributed by atoms with van der Waals surface area (Å²) >= 11 is 0. The van der Waals surface area contributed by atoms with Gasteiger partial charge in [0.05, 0.1) is 60.9 Å². The number of nitrogens with one attached hydrogen (secondary N) is 4. The summed E-state index contributed by atoms with van der Waals surface area (Å²) < 4.78 is 15.8. The molecule has 0 spiro atoms. The van der Waals surface area contributed by atoms with E-state index in [9.17, 15) is 24.0 Å². The van der Waals surface area contributed by atoms with Crippen molar-refractivity contribution in [2.75, 3.05) is 27.3 Å². The lowest BCUT2D eigenvalue weighted by atomic mass is 9.97. The van der Waals surface area contributed by atoms with Crippen LogP contribution in [-0.2, 0) is 19.1 Å². The normalized spacial score (nSPS) is 18.1. The molecule has 2 aromatic carbocycles. The van der Waals surface area contributed by atoms with E-state index in [0.29, 0.717) is 64.5 Å². The first-order valence-electron chi connectivity index (χ1n) is 19.8. The molecule has 0 bridgehead atoms. The van der Waals surface area contributed by atoms with E-state index in [1.807, 2.05) is 39.8 Å². The van der Waals surface area contributed by atoms with Gasteiger partial charge < -0.3 is 44.3 Å². The molecule has 0 radical (unpaired) electrons. The van der Waals surface area contributed by atoms with Gasteiger partial charge >= 0.3 is 12.2 Å². The van der Waals surface area contributed by atoms with Crippen molar-refractivity contribution in [3.63, 3.8) is 0 Å². The molecule has 16 heteroatoms. The second-order valence-corrected chi connectivity index (χ2v) is 15.7. The number of amides is 4. The van der Waals surface area contributed by atoms with Crippen molar-refractivity contribution in [1.82, 2.24) is 40.4 Å². The lowest BCUT2D eigenvalue weighted by Crippen LogP contribution is -2.53. The summed E-state index contributed by atoms with van der Waals surface area (Å²) in [5.74, 6) is 0.590. The molecule has 4 atom stereocenters. The molecule has 58 heavy (non-hydrogen) atoms. The molecule has 2 saturated heterocycles. The van der Waals surface area contributed by atoms with Crippen LogP contribution in [0.5, 0.6) is 0 Å². The first-order chi connectivity index (χ1) is 27.9. The number of rotatable bonds is 10. The van der Waals surface area contributed by atoms with Gasteiger partial charge in [0.25, 0.3) is 0 Å². The van der Waals surface area contributed by atoms with E-state index >= 15 is 0 Å². The second kappa shape index (κ2) is 16.7. The highest BCUT2D eigenvalue weighted by atomic mass is 16.5. The number of piperidine rings is 1. The zero-order chi connectivity index (χ0) is 41.2. The molecular weight excluding hydrogens is 745 g/mol. The molecule has 2 fully saturated rings. The Kier molecular flexibility index (Phi) is 11.5. The van der Waals surface area contributed by atoms with Crippen LogP contribution >= 0.6 is 0 Å². The van der Waals surface area contributed by atoms with Crippen molar-refractivity contribution >= 4 is 45.9 Å². The fourth-order valence-electron chi connectivity index (χ4n) is 8.05. The van der Waals surface area contributed by atoms with Gasteiger partial charge in [-0.25, -0.2) is 19.6 Å². The molecule has 0 aliphatic carbocycles. The van der Waals surface area contributed by atoms with Crippen LogP contribution in [0.15, 0.2) is 58.0 Å². The number of nitrogens with zero attached hydrogens (tertiary/aromatic N) is 4.